The first-order valence-electron chi connectivity index (χ1n) is 11.3. The zero-order chi connectivity index (χ0) is 21.7. The summed E-state index contributed by atoms with van der Waals surface area (Å²) in [5.41, 5.74) is 3.41. The molecule has 0 radical (unpaired) electrons. The Morgan fingerprint density at radius 1 is 0.938 bits per heavy atom. The molecule has 0 bridgehead atoms. The van der Waals surface area contributed by atoms with Gasteiger partial charge in [-0.1, -0.05) is 54.6 Å². The fourth-order valence-corrected chi connectivity index (χ4v) is 6.94. The summed E-state index contributed by atoms with van der Waals surface area (Å²) in [5.74, 6) is 0.560. The Bertz CT molecular complexity index is 1310. The third-order valence-corrected chi connectivity index (χ3v) is 9.00. The summed E-state index contributed by atoms with van der Waals surface area (Å²) in [6, 6.07) is 20.8. The quantitative estimate of drug-likeness (QED) is 0.593. The van der Waals surface area contributed by atoms with Crippen molar-refractivity contribution in [3.05, 3.63) is 83.9 Å². The lowest BCUT2D eigenvalue weighted by Gasteiger charge is -2.38. The molecule has 5 nitrogen and oxygen atoms in total. The van der Waals surface area contributed by atoms with Crippen molar-refractivity contribution in [2.75, 3.05) is 31.6 Å². The Morgan fingerprint density at radius 3 is 2.62 bits per heavy atom. The molecule has 0 amide bonds. The number of nitrogens with one attached hydrogen (secondary N) is 1. The van der Waals surface area contributed by atoms with Gasteiger partial charge in [0.15, 0.2) is 0 Å². The highest BCUT2D eigenvalue weighted by Crippen LogP contribution is 2.51. The second-order valence-electron chi connectivity index (χ2n) is 8.81. The van der Waals surface area contributed by atoms with Gasteiger partial charge in [-0.15, -0.1) is 0 Å². The largest absolute Gasteiger partial charge is 0.379 e. The SMILES string of the molecule is O=S(=O)(c1ccc2c(c1)C1C=CCC1C(c1cccc3ccccc13)N2)N1CCOCC1. The maximum atomic E-state index is 13.2. The van der Waals surface area contributed by atoms with Crippen LogP contribution in [0.2, 0.25) is 0 Å². The van der Waals surface area contributed by atoms with Crippen LogP contribution in [0.4, 0.5) is 5.69 Å². The summed E-state index contributed by atoms with van der Waals surface area (Å²) in [5, 5.41) is 6.28. The van der Waals surface area contributed by atoms with Crippen molar-refractivity contribution in [1.29, 1.82) is 0 Å². The molecule has 3 unspecified atom stereocenters. The predicted octanol–water partition coefficient (Wildman–Crippen LogP) is 4.69. The number of sulfonamides is 1. The minimum Gasteiger partial charge on any atom is -0.379 e. The molecule has 3 aliphatic rings. The van der Waals surface area contributed by atoms with Gasteiger partial charge in [-0.3, -0.25) is 0 Å². The highest BCUT2D eigenvalue weighted by molar-refractivity contribution is 7.89. The van der Waals surface area contributed by atoms with Crippen molar-refractivity contribution in [3.8, 4) is 0 Å². The first-order valence-corrected chi connectivity index (χ1v) is 12.7. The standard InChI is InChI=1S/C26H26N2O3S/c29-32(30,28-13-15-31-16-14-28)19-11-12-25-24(17-19)21-8-4-10-23(21)26(27-25)22-9-3-6-18-5-1-2-7-20(18)22/h1-9,11-12,17,21,23,26-27H,10,13-16H2. The van der Waals surface area contributed by atoms with Gasteiger partial charge in [0.05, 0.1) is 24.2 Å². The van der Waals surface area contributed by atoms with Crippen LogP contribution in [0.25, 0.3) is 10.8 Å². The second kappa shape index (κ2) is 7.73. The van der Waals surface area contributed by atoms with E-state index in [2.05, 4.69) is 59.9 Å². The molecule has 3 atom stereocenters. The van der Waals surface area contributed by atoms with Crippen LogP contribution in [0.15, 0.2) is 77.7 Å². The normalized spacial score (nSPS) is 25.3. The van der Waals surface area contributed by atoms with Gasteiger partial charge in [0, 0.05) is 24.7 Å². The molecule has 1 N–H and O–H groups in total. The third kappa shape index (κ3) is 3.17. The number of allylic oxidation sites excluding steroid dienone is 2. The third-order valence-electron chi connectivity index (χ3n) is 7.10. The smallest absolute Gasteiger partial charge is 0.243 e. The molecular weight excluding hydrogens is 420 g/mol. The van der Waals surface area contributed by atoms with Gasteiger partial charge in [-0.2, -0.15) is 4.31 Å². The topological polar surface area (TPSA) is 58.6 Å². The molecule has 32 heavy (non-hydrogen) atoms. The lowest BCUT2D eigenvalue weighted by molar-refractivity contribution is 0.0730. The van der Waals surface area contributed by atoms with Crippen molar-refractivity contribution >= 4 is 26.5 Å². The van der Waals surface area contributed by atoms with E-state index in [-0.39, 0.29) is 12.0 Å². The van der Waals surface area contributed by atoms with Gasteiger partial charge in [0.25, 0.3) is 0 Å². The predicted molar refractivity (Wildman–Crippen MR) is 126 cm³/mol. The van der Waals surface area contributed by atoms with Crippen LogP contribution in [0, 0.1) is 5.92 Å². The van der Waals surface area contributed by atoms with Crippen LogP contribution in [-0.4, -0.2) is 39.0 Å². The van der Waals surface area contributed by atoms with Gasteiger partial charge >= 0.3 is 0 Å². The number of fused-ring (bicyclic) bond motifs is 4. The summed E-state index contributed by atoms with van der Waals surface area (Å²) in [7, 11) is -3.52. The second-order valence-corrected chi connectivity index (χ2v) is 10.7. The highest BCUT2D eigenvalue weighted by atomic mass is 32.2. The zero-order valence-corrected chi connectivity index (χ0v) is 18.6. The van der Waals surface area contributed by atoms with Gasteiger partial charge in [-0.25, -0.2) is 8.42 Å². The summed E-state index contributed by atoms with van der Waals surface area (Å²) in [6.07, 6.45) is 5.48. The molecule has 1 fully saturated rings. The van der Waals surface area contributed by atoms with Crippen LogP contribution in [0.3, 0.4) is 0 Å². The molecular formula is C26H26N2O3S. The Morgan fingerprint density at radius 2 is 1.75 bits per heavy atom. The molecule has 164 valence electrons. The highest BCUT2D eigenvalue weighted by Gasteiger charge is 2.39. The molecule has 3 aromatic carbocycles. The van der Waals surface area contributed by atoms with Crippen LogP contribution in [0.1, 0.15) is 29.5 Å². The summed E-state index contributed by atoms with van der Waals surface area (Å²) in [6.45, 7) is 1.72. The van der Waals surface area contributed by atoms with E-state index < -0.39 is 10.0 Å². The van der Waals surface area contributed by atoms with Crippen molar-refractivity contribution < 1.29 is 13.2 Å². The number of morpholine rings is 1. The van der Waals surface area contributed by atoms with Gasteiger partial charge in [0.2, 0.25) is 10.0 Å². The van der Waals surface area contributed by atoms with E-state index in [0.717, 1.165) is 17.7 Å². The average molecular weight is 447 g/mol. The van der Waals surface area contributed by atoms with E-state index in [1.807, 2.05) is 12.1 Å². The van der Waals surface area contributed by atoms with Crippen molar-refractivity contribution in [1.82, 2.24) is 4.31 Å². The summed E-state index contributed by atoms with van der Waals surface area (Å²) >= 11 is 0. The Balaban J connectivity index is 1.41. The number of anilines is 1. The monoisotopic (exact) mass is 446 g/mol. The number of hydrogen-bond donors (Lipinski definition) is 1. The Kier molecular flexibility index (Phi) is 4.82. The molecule has 1 saturated heterocycles. The number of rotatable bonds is 3. The van der Waals surface area contributed by atoms with E-state index in [1.54, 1.807) is 6.07 Å². The van der Waals surface area contributed by atoms with E-state index in [0.29, 0.717) is 37.1 Å². The lowest BCUT2D eigenvalue weighted by atomic mass is 9.76. The Labute approximate surface area is 188 Å². The molecule has 2 heterocycles. The average Bonchev–Trinajstić information content (AvgIpc) is 3.34. The minimum atomic E-state index is -3.52. The van der Waals surface area contributed by atoms with Crippen LogP contribution >= 0.6 is 0 Å². The Hall–Kier alpha value is -2.67. The van der Waals surface area contributed by atoms with Gasteiger partial charge < -0.3 is 10.1 Å². The van der Waals surface area contributed by atoms with Crippen molar-refractivity contribution in [2.24, 2.45) is 5.92 Å². The fraction of sp³-hybridized carbons (Fsp3) is 0.308. The van der Waals surface area contributed by atoms with E-state index >= 15 is 0 Å². The minimum absolute atomic E-state index is 0.176. The van der Waals surface area contributed by atoms with Gasteiger partial charge in [-0.05, 0) is 52.4 Å². The molecule has 2 aliphatic heterocycles. The van der Waals surface area contributed by atoms with Crippen LogP contribution in [-0.2, 0) is 14.8 Å². The molecule has 3 aromatic rings. The number of nitrogens with zero attached hydrogens (tertiary/aromatic N) is 1. The maximum absolute atomic E-state index is 13.2. The van der Waals surface area contributed by atoms with Crippen molar-refractivity contribution in [3.63, 3.8) is 0 Å². The zero-order valence-electron chi connectivity index (χ0n) is 17.8. The van der Waals surface area contributed by atoms with E-state index in [1.165, 1.54) is 20.6 Å². The molecule has 6 rings (SSSR count). The number of hydrogen-bond acceptors (Lipinski definition) is 4. The summed E-state index contributed by atoms with van der Waals surface area (Å²) in [4.78, 5) is 0.377. The molecule has 0 saturated carbocycles. The van der Waals surface area contributed by atoms with E-state index in [9.17, 15) is 8.42 Å². The summed E-state index contributed by atoms with van der Waals surface area (Å²) < 4.78 is 33.3. The number of ether oxygens (including phenoxy) is 1. The molecule has 0 aromatic heterocycles. The first kappa shape index (κ1) is 20.0. The molecule has 0 spiro atoms. The van der Waals surface area contributed by atoms with Crippen LogP contribution < -0.4 is 5.32 Å². The van der Waals surface area contributed by atoms with Crippen molar-refractivity contribution in [2.45, 2.75) is 23.3 Å². The van der Waals surface area contributed by atoms with Crippen LogP contribution in [0.5, 0.6) is 0 Å². The molecule has 1 aliphatic carbocycles. The first-order chi connectivity index (χ1) is 15.6. The van der Waals surface area contributed by atoms with E-state index in [4.69, 9.17) is 4.74 Å². The maximum Gasteiger partial charge on any atom is 0.243 e. The lowest BCUT2D eigenvalue weighted by Crippen LogP contribution is -2.40. The fourth-order valence-electron chi connectivity index (χ4n) is 5.50. The van der Waals surface area contributed by atoms with Gasteiger partial charge in [0.1, 0.15) is 0 Å². The number of benzene rings is 3. The molecule has 6 heteroatoms.